The maximum atomic E-state index is 11.8. The number of hydroxylamine groups is 1. The molecule has 23 heavy (non-hydrogen) atoms. The van der Waals surface area contributed by atoms with E-state index in [0.717, 1.165) is 11.3 Å². The lowest BCUT2D eigenvalue weighted by Crippen LogP contribution is -2.11. The lowest BCUT2D eigenvalue weighted by Gasteiger charge is -2.07. The molecule has 0 amide bonds. The van der Waals surface area contributed by atoms with Gasteiger partial charge in [0.25, 0.3) is 0 Å². The van der Waals surface area contributed by atoms with Crippen LogP contribution in [0, 0.1) is 18.8 Å². The fraction of sp³-hybridized carbons (Fsp3) is 0.167. The van der Waals surface area contributed by atoms with Gasteiger partial charge in [-0.3, -0.25) is 0 Å². The van der Waals surface area contributed by atoms with E-state index >= 15 is 0 Å². The Balaban J connectivity index is 2.03. The molecule has 0 atom stereocenters. The number of aryl methyl sites for hydroxylation is 1. The summed E-state index contributed by atoms with van der Waals surface area (Å²) in [5.74, 6) is 6.40. The summed E-state index contributed by atoms with van der Waals surface area (Å²) in [5.41, 5.74) is 4.06. The first-order valence-corrected chi connectivity index (χ1v) is 6.94. The summed E-state index contributed by atoms with van der Waals surface area (Å²) in [6.07, 6.45) is 0. The number of methoxy groups -OCH3 is 1. The zero-order valence-corrected chi connectivity index (χ0v) is 13.2. The number of hydrogen-bond acceptors (Lipinski definition) is 5. The summed E-state index contributed by atoms with van der Waals surface area (Å²) < 4.78 is 10.3. The molecule has 5 nitrogen and oxygen atoms in total. The Morgan fingerprint density at radius 1 is 1.09 bits per heavy atom. The average molecular weight is 311 g/mol. The molecule has 0 saturated carbocycles. The third-order valence-corrected chi connectivity index (χ3v) is 2.97. The van der Waals surface area contributed by atoms with Crippen molar-refractivity contribution in [2.45, 2.75) is 6.92 Å². The molecular formula is C18H17NO4. The van der Waals surface area contributed by atoms with E-state index in [-0.39, 0.29) is 0 Å². The predicted molar refractivity (Wildman–Crippen MR) is 86.4 cm³/mol. The van der Waals surface area contributed by atoms with Gasteiger partial charge in [0.05, 0.1) is 7.11 Å². The van der Waals surface area contributed by atoms with E-state index in [0.29, 0.717) is 17.1 Å². The van der Waals surface area contributed by atoms with Gasteiger partial charge in [0.2, 0.25) is 0 Å². The molecule has 0 heterocycles. The van der Waals surface area contributed by atoms with Gasteiger partial charge in [-0.05, 0) is 55.0 Å². The van der Waals surface area contributed by atoms with E-state index in [1.54, 1.807) is 56.6 Å². The Morgan fingerprint density at radius 3 is 2.39 bits per heavy atom. The summed E-state index contributed by atoms with van der Waals surface area (Å²) in [6, 6.07) is 12.2. The van der Waals surface area contributed by atoms with Gasteiger partial charge in [0.15, 0.2) is 0 Å². The Morgan fingerprint density at radius 2 is 1.78 bits per heavy atom. The molecule has 0 radical (unpaired) electrons. The molecule has 0 bridgehead atoms. The van der Waals surface area contributed by atoms with Crippen LogP contribution in [0.3, 0.4) is 0 Å². The van der Waals surface area contributed by atoms with Crippen molar-refractivity contribution in [3.8, 4) is 29.1 Å². The normalized spacial score (nSPS) is 9.52. The Hall–Kier alpha value is -2.97. The van der Waals surface area contributed by atoms with Crippen molar-refractivity contribution in [1.29, 1.82) is 0 Å². The second kappa shape index (κ2) is 7.87. The van der Waals surface area contributed by atoms with Crippen molar-refractivity contribution in [2.75, 3.05) is 14.2 Å². The molecule has 2 aromatic rings. The second-order valence-corrected chi connectivity index (χ2v) is 4.60. The van der Waals surface area contributed by atoms with Crippen LogP contribution in [0.2, 0.25) is 0 Å². The quantitative estimate of drug-likeness (QED) is 0.407. The number of rotatable bonds is 4. The highest BCUT2D eigenvalue weighted by Crippen LogP contribution is 2.23. The van der Waals surface area contributed by atoms with Crippen molar-refractivity contribution in [1.82, 2.24) is 5.48 Å². The van der Waals surface area contributed by atoms with Crippen LogP contribution in [0.1, 0.15) is 11.1 Å². The molecule has 0 aliphatic carbocycles. The number of carbonyl (C=O) groups is 1. The lowest BCUT2D eigenvalue weighted by atomic mass is 10.2. The summed E-state index contributed by atoms with van der Waals surface area (Å²) >= 11 is 0. The zero-order chi connectivity index (χ0) is 16.7. The van der Waals surface area contributed by atoms with Crippen LogP contribution in [-0.2, 0) is 4.79 Å². The topological polar surface area (TPSA) is 56.8 Å². The second-order valence-electron chi connectivity index (χ2n) is 4.60. The zero-order valence-electron chi connectivity index (χ0n) is 13.2. The van der Waals surface area contributed by atoms with Crippen LogP contribution in [-0.4, -0.2) is 20.1 Å². The van der Waals surface area contributed by atoms with Crippen molar-refractivity contribution < 1.29 is 19.1 Å². The van der Waals surface area contributed by atoms with Crippen LogP contribution >= 0.6 is 0 Å². The molecule has 0 unspecified atom stereocenters. The first kappa shape index (κ1) is 16.4. The van der Waals surface area contributed by atoms with Gasteiger partial charge in [-0.15, -0.1) is 0 Å². The van der Waals surface area contributed by atoms with Crippen LogP contribution in [0.5, 0.6) is 17.2 Å². The minimum absolute atomic E-state index is 0.447. The standard InChI is InChI=1S/C18H17NO4/c1-13-12-16(23-19-2)9-10-17(13)22-18(20)11-6-14-4-7-15(21-3)8-5-14/h4-5,7-10,12,19H,1-3H3. The minimum atomic E-state index is -0.619. The van der Waals surface area contributed by atoms with E-state index in [2.05, 4.69) is 17.3 Å². The van der Waals surface area contributed by atoms with Crippen molar-refractivity contribution in [3.63, 3.8) is 0 Å². The third kappa shape index (κ3) is 4.77. The van der Waals surface area contributed by atoms with Gasteiger partial charge >= 0.3 is 5.97 Å². The maximum Gasteiger partial charge on any atom is 0.390 e. The number of ether oxygens (including phenoxy) is 2. The van der Waals surface area contributed by atoms with E-state index in [1.165, 1.54) is 0 Å². The highest BCUT2D eigenvalue weighted by molar-refractivity contribution is 5.91. The fourth-order valence-corrected chi connectivity index (χ4v) is 1.84. The van der Waals surface area contributed by atoms with Gasteiger partial charge in [-0.2, -0.15) is 5.48 Å². The number of carbonyl (C=O) groups excluding carboxylic acids is 1. The number of esters is 1. The van der Waals surface area contributed by atoms with Crippen molar-refractivity contribution >= 4 is 5.97 Å². The lowest BCUT2D eigenvalue weighted by molar-refractivity contribution is -0.128. The maximum absolute atomic E-state index is 11.8. The van der Waals surface area contributed by atoms with Crippen LogP contribution in [0.25, 0.3) is 0 Å². The van der Waals surface area contributed by atoms with Crippen molar-refractivity contribution in [3.05, 3.63) is 53.6 Å². The molecule has 0 aliphatic rings. The smallest absolute Gasteiger partial charge is 0.390 e. The number of benzene rings is 2. The highest BCUT2D eigenvalue weighted by Gasteiger charge is 2.06. The van der Waals surface area contributed by atoms with Gasteiger partial charge in [0, 0.05) is 18.5 Å². The van der Waals surface area contributed by atoms with Crippen LogP contribution < -0.4 is 19.8 Å². The molecule has 1 N–H and O–H groups in total. The third-order valence-electron chi connectivity index (χ3n) is 2.97. The monoisotopic (exact) mass is 311 g/mol. The van der Waals surface area contributed by atoms with Gasteiger partial charge in [-0.1, -0.05) is 5.92 Å². The molecule has 0 spiro atoms. The Kier molecular flexibility index (Phi) is 5.61. The summed E-state index contributed by atoms with van der Waals surface area (Å²) in [6.45, 7) is 1.82. The van der Waals surface area contributed by atoms with Gasteiger partial charge in [-0.25, -0.2) is 4.79 Å². The van der Waals surface area contributed by atoms with Crippen LogP contribution in [0.4, 0.5) is 0 Å². The summed E-state index contributed by atoms with van der Waals surface area (Å²) in [5, 5.41) is 0. The molecule has 2 rings (SSSR count). The number of hydrogen-bond donors (Lipinski definition) is 1. The largest absolute Gasteiger partial charge is 0.497 e. The van der Waals surface area contributed by atoms with Gasteiger partial charge in [0.1, 0.15) is 17.2 Å². The SMILES string of the molecule is CNOc1ccc(OC(=O)C#Cc2ccc(OC)cc2)c(C)c1. The molecule has 0 saturated heterocycles. The Labute approximate surface area is 135 Å². The number of nitrogens with one attached hydrogen (secondary N) is 1. The fourth-order valence-electron chi connectivity index (χ4n) is 1.84. The highest BCUT2D eigenvalue weighted by atomic mass is 16.6. The van der Waals surface area contributed by atoms with Crippen LogP contribution in [0.15, 0.2) is 42.5 Å². The van der Waals surface area contributed by atoms with E-state index < -0.39 is 5.97 Å². The minimum Gasteiger partial charge on any atom is -0.497 e. The molecule has 2 aromatic carbocycles. The first-order chi connectivity index (χ1) is 11.1. The predicted octanol–water partition coefficient (Wildman–Crippen LogP) is 2.47. The average Bonchev–Trinajstić information content (AvgIpc) is 2.56. The molecule has 5 heteroatoms. The van der Waals surface area contributed by atoms with E-state index in [9.17, 15) is 4.79 Å². The first-order valence-electron chi connectivity index (χ1n) is 6.94. The van der Waals surface area contributed by atoms with E-state index in [4.69, 9.17) is 14.3 Å². The molecule has 0 fully saturated rings. The van der Waals surface area contributed by atoms with Crippen molar-refractivity contribution in [2.24, 2.45) is 0 Å². The van der Waals surface area contributed by atoms with Gasteiger partial charge < -0.3 is 14.3 Å². The molecular weight excluding hydrogens is 294 g/mol. The Bertz CT molecular complexity index is 742. The summed E-state index contributed by atoms with van der Waals surface area (Å²) in [4.78, 5) is 16.9. The molecule has 0 aliphatic heterocycles. The summed E-state index contributed by atoms with van der Waals surface area (Å²) in [7, 11) is 3.26. The van der Waals surface area contributed by atoms with E-state index in [1.807, 2.05) is 6.92 Å². The molecule has 0 aromatic heterocycles. The molecule has 118 valence electrons.